The molecule has 0 aliphatic heterocycles. The number of nitrogens with two attached hydrogens (primary N) is 2. The van der Waals surface area contributed by atoms with Gasteiger partial charge in [-0.2, -0.15) is 0 Å². The predicted octanol–water partition coefficient (Wildman–Crippen LogP) is 1.09. The van der Waals surface area contributed by atoms with E-state index in [1.54, 1.807) is 4.68 Å². The van der Waals surface area contributed by atoms with Gasteiger partial charge < -0.3 is 16.6 Å². The zero-order valence-electron chi connectivity index (χ0n) is 13.0. The van der Waals surface area contributed by atoms with E-state index in [-0.39, 0.29) is 6.04 Å². The van der Waals surface area contributed by atoms with Crippen LogP contribution in [0.5, 0.6) is 0 Å². The van der Waals surface area contributed by atoms with E-state index in [1.807, 2.05) is 12.3 Å². The van der Waals surface area contributed by atoms with Crippen LogP contribution in [0.3, 0.4) is 0 Å². The second-order valence-electron chi connectivity index (χ2n) is 5.59. The number of carboxylic acid groups (broad SMARTS) is 1. The summed E-state index contributed by atoms with van der Waals surface area (Å²) in [6, 6.07) is -0.600. The highest BCUT2D eigenvalue weighted by atomic mass is 16.4. The Labute approximate surface area is 131 Å². The fourth-order valence-electron chi connectivity index (χ4n) is 2.20. The van der Waals surface area contributed by atoms with Crippen molar-refractivity contribution in [2.45, 2.75) is 63.6 Å². The lowest BCUT2D eigenvalue weighted by Crippen LogP contribution is -2.29. The summed E-state index contributed by atoms with van der Waals surface area (Å²) in [6.45, 7) is 4.41. The summed E-state index contributed by atoms with van der Waals surface area (Å²) >= 11 is 0. The molecule has 0 aliphatic rings. The molecule has 1 aromatic heterocycles. The van der Waals surface area contributed by atoms with E-state index in [2.05, 4.69) is 16.9 Å². The number of aryl methyl sites for hydroxylation is 2. The third kappa shape index (κ3) is 7.33. The van der Waals surface area contributed by atoms with Crippen molar-refractivity contribution in [1.29, 1.82) is 0 Å². The zero-order valence-corrected chi connectivity index (χ0v) is 13.0. The molecule has 0 amide bonds. The molecule has 0 spiro atoms. The molecule has 2 unspecified atom stereocenters. The Kier molecular flexibility index (Phi) is 8.39. The van der Waals surface area contributed by atoms with Gasteiger partial charge in [-0.3, -0.25) is 9.48 Å². The summed E-state index contributed by atoms with van der Waals surface area (Å²) < 4.78 is 1.80. The monoisotopic (exact) mass is 309 g/mol. The molecule has 0 fully saturated rings. The molecule has 0 aromatic carbocycles. The summed E-state index contributed by atoms with van der Waals surface area (Å²) in [6.07, 6.45) is 9.52. The molecular weight excluding hydrogens is 282 g/mol. The molecule has 7 heteroatoms. The molecule has 0 saturated heterocycles. The van der Waals surface area contributed by atoms with Crippen molar-refractivity contribution in [3.63, 3.8) is 0 Å². The minimum Gasteiger partial charge on any atom is -0.480 e. The third-order valence-electron chi connectivity index (χ3n) is 3.53. The number of carboxylic acids is 1. The summed E-state index contributed by atoms with van der Waals surface area (Å²) in [4.78, 5) is 10.6. The smallest absolute Gasteiger partial charge is 0.320 e. The van der Waals surface area contributed by atoms with Gasteiger partial charge in [0.1, 0.15) is 6.04 Å². The summed E-state index contributed by atoms with van der Waals surface area (Å²) in [5.74, 6) is -0.947. The number of rotatable bonds is 12. The van der Waals surface area contributed by atoms with Crippen molar-refractivity contribution in [3.05, 3.63) is 24.5 Å². The molecule has 22 heavy (non-hydrogen) atoms. The van der Waals surface area contributed by atoms with E-state index >= 15 is 0 Å². The van der Waals surface area contributed by atoms with Crippen LogP contribution in [0.1, 0.15) is 44.2 Å². The van der Waals surface area contributed by atoms with Crippen molar-refractivity contribution in [1.82, 2.24) is 15.0 Å². The van der Waals surface area contributed by atoms with Gasteiger partial charge in [0.05, 0.1) is 5.69 Å². The van der Waals surface area contributed by atoms with Gasteiger partial charge in [-0.15, -0.1) is 11.7 Å². The molecule has 7 nitrogen and oxygen atoms in total. The van der Waals surface area contributed by atoms with Crippen LogP contribution in [-0.4, -0.2) is 38.2 Å². The highest BCUT2D eigenvalue weighted by Gasteiger charge is 2.10. The minimum atomic E-state index is -0.947. The Morgan fingerprint density at radius 3 is 2.82 bits per heavy atom. The Hall–Kier alpha value is -1.73. The van der Waals surface area contributed by atoms with Gasteiger partial charge in [0, 0.05) is 18.8 Å². The molecule has 1 aromatic rings. The van der Waals surface area contributed by atoms with Crippen LogP contribution < -0.4 is 11.5 Å². The number of carbonyl (C=O) groups is 1. The summed E-state index contributed by atoms with van der Waals surface area (Å²) in [5.41, 5.74) is 12.3. The number of hydrogen-bond acceptors (Lipinski definition) is 5. The normalized spacial score (nSPS) is 13.7. The van der Waals surface area contributed by atoms with Gasteiger partial charge >= 0.3 is 5.97 Å². The van der Waals surface area contributed by atoms with Gasteiger partial charge in [-0.1, -0.05) is 11.3 Å². The van der Waals surface area contributed by atoms with Crippen LogP contribution in [0.15, 0.2) is 18.9 Å². The second-order valence-corrected chi connectivity index (χ2v) is 5.59. The van der Waals surface area contributed by atoms with Gasteiger partial charge in [-0.25, -0.2) is 0 Å². The van der Waals surface area contributed by atoms with Crippen LogP contribution in [-0.2, 0) is 17.8 Å². The highest BCUT2D eigenvalue weighted by Crippen LogP contribution is 2.06. The maximum Gasteiger partial charge on any atom is 0.320 e. The molecule has 5 N–H and O–H groups in total. The SMILES string of the molecule is C=CCC(N)CCCc1cn(CCCCC(N)C(=O)O)nn1. The van der Waals surface area contributed by atoms with Gasteiger partial charge in [0.2, 0.25) is 0 Å². The number of nitrogens with zero attached hydrogens (tertiary/aromatic N) is 3. The van der Waals surface area contributed by atoms with Gasteiger partial charge in [-0.05, 0) is 44.9 Å². The van der Waals surface area contributed by atoms with Crippen molar-refractivity contribution >= 4 is 5.97 Å². The van der Waals surface area contributed by atoms with E-state index in [9.17, 15) is 4.79 Å². The molecular formula is C15H27N5O2. The van der Waals surface area contributed by atoms with Crippen molar-refractivity contribution in [3.8, 4) is 0 Å². The molecule has 0 bridgehead atoms. The second kappa shape index (κ2) is 10.1. The Bertz CT molecular complexity index is 461. The molecule has 1 rings (SSSR count). The van der Waals surface area contributed by atoms with Crippen LogP contribution in [0.25, 0.3) is 0 Å². The molecule has 0 aliphatic carbocycles. The third-order valence-corrected chi connectivity index (χ3v) is 3.53. The first-order valence-corrected chi connectivity index (χ1v) is 7.76. The van der Waals surface area contributed by atoms with Crippen molar-refractivity contribution < 1.29 is 9.90 Å². The van der Waals surface area contributed by atoms with E-state index in [4.69, 9.17) is 16.6 Å². The Balaban J connectivity index is 2.18. The lowest BCUT2D eigenvalue weighted by molar-refractivity contribution is -0.138. The van der Waals surface area contributed by atoms with Crippen LogP contribution in [0.2, 0.25) is 0 Å². The quantitative estimate of drug-likeness (QED) is 0.392. The van der Waals surface area contributed by atoms with E-state index in [1.165, 1.54) is 0 Å². The molecule has 2 atom stereocenters. The first-order valence-electron chi connectivity index (χ1n) is 7.76. The number of unbranched alkanes of at least 4 members (excludes halogenated alkanes) is 1. The van der Waals surface area contributed by atoms with Crippen LogP contribution in [0, 0.1) is 0 Å². The molecule has 0 saturated carbocycles. The summed E-state index contributed by atoms with van der Waals surface area (Å²) in [5, 5.41) is 16.9. The van der Waals surface area contributed by atoms with E-state index < -0.39 is 12.0 Å². The van der Waals surface area contributed by atoms with Gasteiger partial charge in [0.15, 0.2) is 0 Å². The Morgan fingerprint density at radius 2 is 2.14 bits per heavy atom. The van der Waals surface area contributed by atoms with Gasteiger partial charge in [0.25, 0.3) is 0 Å². The predicted molar refractivity (Wildman–Crippen MR) is 85.2 cm³/mol. The molecule has 124 valence electrons. The topological polar surface area (TPSA) is 120 Å². The van der Waals surface area contributed by atoms with Crippen LogP contribution in [0.4, 0.5) is 0 Å². The first-order chi connectivity index (χ1) is 10.5. The maximum absolute atomic E-state index is 10.6. The van der Waals surface area contributed by atoms with E-state index in [0.717, 1.165) is 50.8 Å². The lowest BCUT2D eigenvalue weighted by atomic mass is 10.1. The highest BCUT2D eigenvalue weighted by molar-refractivity contribution is 5.72. The minimum absolute atomic E-state index is 0.172. The lowest BCUT2D eigenvalue weighted by Gasteiger charge is -2.06. The molecule has 0 radical (unpaired) electrons. The number of hydrogen-bond donors (Lipinski definition) is 3. The average molecular weight is 309 g/mol. The van der Waals surface area contributed by atoms with Crippen molar-refractivity contribution in [2.24, 2.45) is 11.5 Å². The van der Waals surface area contributed by atoms with Crippen LogP contribution >= 0.6 is 0 Å². The number of aromatic nitrogens is 3. The number of aliphatic carboxylic acids is 1. The van der Waals surface area contributed by atoms with E-state index in [0.29, 0.717) is 6.42 Å². The summed E-state index contributed by atoms with van der Waals surface area (Å²) in [7, 11) is 0. The fourth-order valence-corrected chi connectivity index (χ4v) is 2.20. The first kappa shape index (κ1) is 18.3. The maximum atomic E-state index is 10.6. The van der Waals surface area contributed by atoms with Crippen molar-refractivity contribution in [2.75, 3.05) is 0 Å². The Morgan fingerprint density at radius 1 is 1.36 bits per heavy atom. The zero-order chi connectivity index (χ0) is 16.4. The average Bonchev–Trinajstić information content (AvgIpc) is 2.91. The standard InChI is InChI=1S/C15H27N5O2/c1-2-6-12(16)7-5-8-13-11-20(19-18-13)10-4-3-9-14(17)15(21)22/h2,11-12,14H,1,3-10,16-17H2,(H,21,22). The molecule has 1 heterocycles. The largest absolute Gasteiger partial charge is 0.480 e. The fraction of sp³-hybridized carbons (Fsp3) is 0.667.